The Balaban J connectivity index is 2.16. The van der Waals surface area contributed by atoms with Crippen LogP contribution in [0.2, 0.25) is 0 Å². The molecule has 2 N–H and O–H groups in total. The molecule has 3 heteroatoms. The highest BCUT2D eigenvalue weighted by molar-refractivity contribution is 5.86. The van der Waals surface area contributed by atoms with Crippen molar-refractivity contribution < 1.29 is 4.74 Å². The lowest BCUT2D eigenvalue weighted by Gasteiger charge is -2.21. The van der Waals surface area contributed by atoms with Gasteiger partial charge in [-0.3, -0.25) is 0 Å². The van der Waals surface area contributed by atoms with Crippen LogP contribution in [0.25, 0.3) is 0 Å². The van der Waals surface area contributed by atoms with E-state index in [1.807, 2.05) is 24.3 Å². The number of ether oxygens (including phenoxy) is 1. The molecule has 1 fully saturated rings. The largest absolute Gasteiger partial charge is 0.494 e. The molecule has 0 amide bonds. The highest BCUT2D eigenvalue weighted by Gasteiger charge is 2.17. The van der Waals surface area contributed by atoms with Gasteiger partial charge < -0.3 is 10.5 Å². The second-order valence-corrected chi connectivity index (χ2v) is 4.54. The van der Waals surface area contributed by atoms with Gasteiger partial charge in [0.15, 0.2) is 0 Å². The first-order valence-corrected chi connectivity index (χ1v) is 6.28. The minimum absolute atomic E-state index is 0.452. The zero-order valence-electron chi connectivity index (χ0n) is 10.4. The smallest absolute Gasteiger partial charge is 0.144 e. The average molecular weight is 232 g/mol. The first kappa shape index (κ1) is 12.0. The summed E-state index contributed by atoms with van der Waals surface area (Å²) >= 11 is 0. The van der Waals surface area contributed by atoms with Crippen LogP contribution in [-0.4, -0.2) is 12.9 Å². The molecule has 0 aromatic heterocycles. The highest BCUT2D eigenvalue weighted by atomic mass is 16.5. The maximum atomic E-state index is 6.10. The molecule has 92 valence electrons. The van der Waals surface area contributed by atoms with Crippen molar-refractivity contribution in [1.29, 1.82) is 0 Å². The van der Waals surface area contributed by atoms with Crippen LogP contribution in [0.4, 0.5) is 5.69 Å². The molecule has 0 atom stereocenters. The van der Waals surface area contributed by atoms with E-state index in [9.17, 15) is 0 Å². The summed E-state index contributed by atoms with van der Waals surface area (Å²) in [5, 5.41) is 0. The Morgan fingerprint density at radius 2 is 1.94 bits per heavy atom. The zero-order valence-corrected chi connectivity index (χ0v) is 10.4. The Morgan fingerprint density at radius 1 is 1.24 bits per heavy atom. The lowest BCUT2D eigenvalue weighted by Crippen LogP contribution is -2.25. The van der Waals surface area contributed by atoms with Gasteiger partial charge in [0.25, 0.3) is 0 Å². The summed E-state index contributed by atoms with van der Waals surface area (Å²) in [7, 11) is 1.66. The van der Waals surface area contributed by atoms with Gasteiger partial charge in [-0.1, -0.05) is 31.4 Å². The SMILES string of the molecule is COc1ccccc1N=C(N)C1CCCCC1. The number of hydrogen-bond donors (Lipinski definition) is 1. The van der Waals surface area contributed by atoms with E-state index in [0.29, 0.717) is 5.92 Å². The van der Waals surface area contributed by atoms with E-state index in [-0.39, 0.29) is 0 Å². The molecule has 1 aliphatic rings. The van der Waals surface area contributed by atoms with E-state index in [4.69, 9.17) is 10.5 Å². The third-order valence-electron chi connectivity index (χ3n) is 3.36. The molecule has 0 heterocycles. The number of nitrogens with zero attached hydrogens (tertiary/aromatic N) is 1. The van der Waals surface area contributed by atoms with Crippen molar-refractivity contribution >= 4 is 11.5 Å². The summed E-state index contributed by atoms with van der Waals surface area (Å²) in [6.45, 7) is 0. The molecular weight excluding hydrogens is 212 g/mol. The molecule has 0 aliphatic heterocycles. The Bertz CT molecular complexity index is 395. The first-order valence-electron chi connectivity index (χ1n) is 6.28. The fourth-order valence-electron chi connectivity index (χ4n) is 2.35. The Labute approximate surface area is 103 Å². The van der Waals surface area contributed by atoms with Gasteiger partial charge in [0, 0.05) is 5.92 Å². The van der Waals surface area contributed by atoms with E-state index in [1.54, 1.807) is 7.11 Å². The molecular formula is C14H20N2O. The number of aliphatic imine (C=N–C) groups is 1. The molecule has 0 bridgehead atoms. The van der Waals surface area contributed by atoms with Gasteiger partial charge in [-0.05, 0) is 25.0 Å². The van der Waals surface area contributed by atoms with Crippen molar-refractivity contribution in [2.75, 3.05) is 7.11 Å². The van der Waals surface area contributed by atoms with Crippen LogP contribution < -0.4 is 10.5 Å². The number of para-hydroxylation sites is 2. The maximum Gasteiger partial charge on any atom is 0.144 e. The fourth-order valence-corrected chi connectivity index (χ4v) is 2.35. The molecule has 1 aliphatic carbocycles. The molecule has 1 aromatic carbocycles. The molecule has 1 aromatic rings. The molecule has 0 radical (unpaired) electrons. The second kappa shape index (κ2) is 5.71. The van der Waals surface area contributed by atoms with Crippen LogP contribution in [0.5, 0.6) is 5.75 Å². The lowest BCUT2D eigenvalue weighted by atomic mass is 9.88. The zero-order chi connectivity index (χ0) is 12.1. The van der Waals surface area contributed by atoms with Gasteiger partial charge >= 0.3 is 0 Å². The monoisotopic (exact) mass is 232 g/mol. The lowest BCUT2D eigenvalue weighted by molar-refractivity contribution is 0.415. The number of benzene rings is 1. The van der Waals surface area contributed by atoms with Gasteiger partial charge in [-0.15, -0.1) is 0 Å². The standard InChI is InChI=1S/C14H20N2O/c1-17-13-10-6-5-9-12(13)16-14(15)11-7-3-2-4-8-11/h5-6,9-11H,2-4,7-8H2,1H3,(H2,15,16). The van der Waals surface area contributed by atoms with Crippen molar-refractivity contribution in [3.8, 4) is 5.75 Å². The molecule has 17 heavy (non-hydrogen) atoms. The summed E-state index contributed by atoms with van der Waals surface area (Å²) < 4.78 is 5.27. The Hall–Kier alpha value is -1.51. The summed E-state index contributed by atoms with van der Waals surface area (Å²) in [5.41, 5.74) is 6.93. The number of rotatable bonds is 3. The van der Waals surface area contributed by atoms with Crippen LogP contribution in [0.3, 0.4) is 0 Å². The number of methoxy groups -OCH3 is 1. The Morgan fingerprint density at radius 3 is 2.65 bits per heavy atom. The number of nitrogens with two attached hydrogens (primary N) is 1. The molecule has 2 rings (SSSR count). The maximum absolute atomic E-state index is 6.10. The van der Waals surface area contributed by atoms with Crippen LogP contribution in [-0.2, 0) is 0 Å². The van der Waals surface area contributed by atoms with Crippen molar-refractivity contribution in [3.63, 3.8) is 0 Å². The van der Waals surface area contributed by atoms with E-state index < -0.39 is 0 Å². The number of hydrogen-bond acceptors (Lipinski definition) is 2. The van der Waals surface area contributed by atoms with E-state index in [2.05, 4.69) is 4.99 Å². The van der Waals surface area contributed by atoms with E-state index in [0.717, 1.165) is 17.3 Å². The molecule has 3 nitrogen and oxygen atoms in total. The van der Waals surface area contributed by atoms with E-state index in [1.165, 1.54) is 32.1 Å². The van der Waals surface area contributed by atoms with Crippen molar-refractivity contribution in [2.24, 2.45) is 16.6 Å². The quantitative estimate of drug-likeness (QED) is 0.642. The summed E-state index contributed by atoms with van der Waals surface area (Å²) in [6.07, 6.45) is 6.22. The third-order valence-corrected chi connectivity index (χ3v) is 3.36. The topological polar surface area (TPSA) is 47.6 Å². The van der Waals surface area contributed by atoms with Gasteiger partial charge in [0.2, 0.25) is 0 Å². The van der Waals surface area contributed by atoms with Gasteiger partial charge in [0.1, 0.15) is 17.3 Å². The normalized spacial score (nSPS) is 18.1. The van der Waals surface area contributed by atoms with Crippen molar-refractivity contribution in [1.82, 2.24) is 0 Å². The van der Waals surface area contributed by atoms with Gasteiger partial charge in [-0.25, -0.2) is 4.99 Å². The van der Waals surface area contributed by atoms with E-state index >= 15 is 0 Å². The van der Waals surface area contributed by atoms with Crippen LogP contribution in [0.1, 0.15) is 32.1 Å². The highest BCUT2D eigenvalue weighted by Crippen LogP contribution is 2.29. The van der Waals surface area contributed by atoms with Crippen LogP contribution in [0.15, 0.2) is 29.3 Å². The summed E-state index contributed by atoms with van der Waals surface area (Å²) in [4.78, 5) is 4.52. The van der Waals surface area contributed by atoms with Crippen molar-refractivity contribution in [3.05, 3.63) is 24.3 Å². The van der Waals surface area contributed by atoms with Crippen molar-refractivity contribution in [2.45, 2.75) is 32.1 Å². The fraction of sp³-hybridized carbons (Fsp3) is 0.500. The van der Waals surface area contributed by atoms with Crippen LogP contribution in [0, 0.1) is 5.92 Å². The molecule has 0 saturated heterocycles. The minimum Gasteiger partial charge on any atom is -0.494 e. The molecule has 0 spiro atoms. The third kappa shape index (κ3) is 2.99. The number of amidine groups is 1. The van der Waals surface area contributed by atoms with Gasteiger partial charge in [0.05, 0.1) is 7.11 Å². The molecule has 1 saturated carbocycles. The summed E-state index contributed by atoms with van der Waals surface area (Å²) in [5.74, 6) is 1.99. The predicted octanol–water partition coefficient (Wildman–Crippen LogP) is 3.26. The molecule has 0 unspecified atom stereocenters. The van der Waals surface area contributed by atoms with Gasteiger partial charge in [-0.2, -0.15) is 0 Å². The first-order chi connectivity index (χ1) is 8.31. The predicted molar refractivity (Wildman–Crippen MR) is 70.9 cm³/mol. The van der Waals surface area contributed by atoms with Crippen LogP contribution >= 0.6 is 0 Å². The summed E-state index contributed by atoms with van der Waals surface area (Å²) in [6, 6.07) is 7.74. The minimum atomic E-state index is 0.452. The average Bonchev–Trinajstić information content (AvgIpc) is 2.40. The Kier molecular flexibility index (Phi) is 4.02. The second-order valence-electron chi connectivity index (χ2n) is 4.54.